The van der Waals surface area contributed by atoms with Crippen molar-refractivity contribution in [2.45, 2.75) is 19.2 Å². The molecule has 0 unspecified atom stereocenters. The molecule has 2 aromatic carbocycles. The minimum Gasteiger partial charge on any atom is -0.496 e. The van der Waals surface area contributed by atoms with E-state index in [0.29, 0.717) is 25.4 Å². The van der Waals surface area contributed by atoms with Gasteiger partial charge in [0.1, 0.15) is 11.5 Å². The number of aromatic nitrogens is 3. The quantitative estimate of drug-likeness (QED) is 0.747. The summed E-state index contributed by atoms with van der Waals surface area (Å²) in [5.41, 5.74) is 3.52. The number of aliphatic hydroxyl groups excluding tert-OH is 1. The number of fused-ring (bicyclic) bond motifs is 1. The van der Waals surface area contributed by atoms with E-state index >= 15 is 0 Å². The van der Waals surface area contributed by atoms with Crippen molar-refractivity contribution in [2.24, 2.45) is 0 Å². The Morgan fingerprint density at radius 3 is 2.56 bits per heavy atom. The van der Waals surface area contributed by atoms with Crippen molar-refractivity contribution in [3.63, 3.8) is 0 Å². The lowest BCUT2D eigenvalue weighted by Gasteiger charge is -2.33. The number of methoxy groups -OCH3 is 2. The minimum atomic E-state index is -0.650. The summed E-state index contributed by atoms with van der Waals surface area (Å²) in [6.45, 7) is 1.73. The van der Waals surface area contributed by atoms with Crippen LogP contribution in [-0.4, -0.2) is 45.8 Å². The lowest BCUT2D eigenvalue weighted by Crippen LogP contribution is -2.34. The summed E-state index contributed by atoms with van der Waals surface area (Å²) in [5, 5.41) is 19.6. The monoisotopic (exact) mass is 366 g/mol. The molecule has 1 atom stereocenters. The van der Waals surface area contributed by atoms with Gasteiger partial charge in [0, 0.05) is 30.8 Å². The summed E-state index contributed by atoms with van der Waals surface area (Å²) in [7, 11) is 3.25. The van der Waals surface area contributed by atoms with Gasteiger partial charge in [0.25, 0.3) is 0 Å². The van der Waals surface area contributed by atoms with E-state index in [4.69, 9.17) is 9.47 Å². The zero-order valence-corrected chi connectivity index (χ0v) is 15.4. The summed E-state index contributed by atoms with van der Waals surface area (Å²) in [6, 6.07) is 13.5. The largest absolute Gasteiger partial charge is 0.496 e. The molecule has 0 fully saturated rings. The molecule has 4 rings (SSSR count). The standard InChI is InChI=1S/C20H22N4O3/c1-26-18-8-9-19(27-2)20-16(18)12-23(13-17(20)25)11-14-10-21-24(22-14)15-6-4-3-5-7-15/h3-10,17,25H,11-13H2,1-2H3/t17-/m1/s1. The number of para-hydroxylation sites is 1. The van der Waals surface area contributed by atoms with Crippen molar-refractivity contribution < 1.29 is 14.6 Å². The Balaban J connectivity index is 1.57. The topological polar surface area (TPSA) is 72.6 Å². The summed E-state index contributed by atoms with van der Waals surface area (Å²) in [6.07, 6.45) is 1.11. The SMILES string of the molecule is COc1ccc(OC)c2c1CN(Cc1cnn(-c3ccccc3)n1)C[C@H]2O. The van der Waals surface area contributed by atoms with Crippen LogP contribution in [0, 0.1) is 0 Å². The van der Waals surface area contributed by atoms with Crippen molar-refractivity contribution in [1.29, 1.82) is 0 Å². The van der Waals surface area contributed by atoms with Gasteiger partial charge in [-0.15, -0.1) is 0 Å². The highest BCUT2D eigenvalue weighted by molar-refractivity contribution is 5.51. The molecular weight excluding hydrogens is 344 g/mol. The average Bonchev–Trinajstić information content (AvgIpc) is 3.16. The van der Waals surface area contributed by atoms with Crippen molar-refractivity contribution >= 4 is 0 Å². The molecule has 0 bridgehead atoms. The van der Waals surface area contributed by atoms with Crippen LogP contribution in [0.2, 0.25) is 0 Å². The van der Waals surface area contributed by atoms with E-state index in [0.717, 1.165) is 28.3 Å². The first-order valence-electron chi connectivity index (χ1n) is 8.80. The molecule has 1 aromatic heterocycles. The third-order valence-electron chi connectivity index (χ3n) is 4.77. The van der Waals surface area contributed by atoms with Gasteiger partial charge in [0.05, 0.1) is 37.9 Å². The van der Waals surface area contributed by atoms with E-state index in [-0.39, 0.29) is 0 Å². The van der Waals surface area contributed by atoms with Gasteiger partial charge in [-0.25, -0.2) is 0 Å². The Bertz CT molecular complexity index is 926. The Kier molecular flexibility index (Phi) is 4.79. The van der Waals surface area contributed by atoms with Crippen molar-refractivity contribution in [3.8, 4) is 17.2 Å². The fourth-order valence-corrected chi connectivity index (χ4v) is 3.55. The normalized spacial score (nSPS) is 16.8. The summed E-state index contributed by atoms with van der Waals surface area (Å²) in [5.74, 6) is 1.44. The van der Waals surface area contributed by atoms with Crippen molar-refractivity contribution in [2.75, 3.05) is 20.8 Å². The molecular formula is C20H22N4O3. The molecule has 1 N–H and O–H groups in total. The van der Waals surface area contributed by atoms with Crippen LogP contribution in [0.4, 0.5) is 0 Å². The molecule has 7 heteroatoms. The summed E-state index contributed by atoms with van der Waals surface area (Å²) >= 11 is 0. The Morgan fingerprint density at radius 2 is 1.81 bits per heavy atom. The third kappa shape index (κ3) is 3.39. The maximum Gasteiger partial charge on any atom is 0.125 e. The Hall–Kier alpha value is -2.90. The van der Waals surface area contributed by atoms with Crippen LogP contribution in [0.25, 0.3) is 5.69 Å². The Morgan fingerprint density at radius 1 is 1.07 bits per heavy atom. The van der Waals surface area contributed by atoms with Crippen LogP contribution in [0.15, 0.2) is 48.7 Å². The van der Waals surface area contributed by atoms with E-state index in [2.05, 4.69) is 15.1 Å². The predicted molar refractivity (Wildman–Crippen MR) is 100.0 cm³/mol. The smallest absolute Gasteiger partial charge is 0.125 e. The number of rotatable bonds is 5. The molecule has 0 saturated heterocycles. The van der Waals surface area contributed by atoms with E-state index in [1.54, 1.807) is 25.2 Å². The number of benzene rings is 2. The molecule has 27 heavy (non-hydrogen) atoms. The molecule has 1 aliphatic heterocycles. The van der Waals surface area contributed by atoms with Crippen LogP contribution in [0.3, 0.4) is 0 Å². The lowest BCUT2D eigenvalue weighted by atomic mass is 9.95. The van der Waals surface area contributed by atoms with Crippen LogP contribution in [-0.2, 0) is 13.1 Å². The summed E-state index contributed by atoms with van der Waals surface area (Å²) < 4.78 is 10.9. The molecule has 0 aliphatic carbocycles. The van der Waals surface area contributed by atoms with E-state index < -0.39 is 6.10 Å². The number of nitrogens with zero attached hydrogens (tertiary/aromatic N) is 4. The van der Waals surface area contributed by atoms with Crippen LogP contribution >= 0.6 is 0 Å². The fraction of sp³-hybridized carbons (Fsp3) is 0.300. The molecule has 140 valence electrons. The molecule has 3 aromatic rings. The fourth-order valence-electron chi connectivity index (χ4n) is 3.55. The van der Waals surface area contributed by atoms with Gasteiger partial charge in [0.2, 0.25) is 0 Å². The number of β-amino-alcohol motifs (C(OH)–C–C–N with tert-alkyl or cyclic N) is 1. The van der Waals surface area contributed by atoms with Crippen LogP contribution in [0.1, 0.15) is 22.9 Å². The molecule has 0 amide bonds. The van der Waals surface area contributed by atoms with Gasteiger partial charge in [-0.05, 0) is 24.3 Å². The minimum absolute atomic E-state index is 0.495. The molecule has 2 heterocycles. The number of hydrogen-bond acceptors (Lipinski definition) is 6. The van der Waals surface area contributed by atoms with Gasteiger partial charge in [-0.1, -0.05) is 18.2 Å². The zero-order chi connectivity index (χ0) is 18.8. The van der Waals surface area contributed by atoms with E-state index in [9.17, 15) is 5.11 Å². The number of hydrogen-bond donors (Lipinski definition) is 1. The van der Waals surface area contributed by atoms with Crippen LogP contribution < -0.4 is 9.47 Å². The first-order chi connectivity index (χ1) is 13.2. The van der Waals surface area contributed by atoms with Gasteiger partial charge >= 0.3 is 0 Å². The predicted octanol–water partition coefficient (Wildman–Crippen LogP) is 2.33. The van der Waals surface area contributed by atoms with Crippen LogP contribution in [0.5, 0.6) is 11.5 Å². The molecule has 0 spiro atoms. The van der Waals surface area contributed by atoms with Crippen molar-refractivity contribution in [3.05, 3.63) is 65.5 Å². The molecule has 7 nitrogen and oxygen atoms in total. The maximum absolute atomic E-state index is 10.7. The van der Waals surface area contributed by atoms with Gasteiger partial charge in [-0.3, -0.25) is 4.90 Å². The van der Waals surface area contributed by atoms with Gasteiger partial charge in [-0.2, -0.15) is 15.0 Å². The maximum atomic E-state index is 10.7. The van der Waals surface area contributed by atoms with E-state index in [1.165, 1.54) is 0 Å². The highest BCUT2D eigenvalue weighted by atomic mass is 16.5. The second-order valence-corrected chi connectivity index (χ2v) is 6.51. The first-order valence-corrected chi connectivity index (χ1v) is 8.80. The lowest BCUT2D eigenvalue weighted by molar-refractivity contribution is 0.0835. The first kappa shape index (κ1) is 17.5. The number of ether oxygens (including phenoxy) is 2. The second kappa shape index (κ2) is 7.38. The zero-order valence-electron chi connectivity index (χ0n) is 15.4. The summed E-state index contributed by atoms with van der Waals surface area (Å²) in [4.78, 5) is 3.75. The molecule has 0 radical (unpaired) electrons. The molecule has 0 saturated carbocycles. The average molecular weight is 366 g/mol. The highest BCUT2D eigenvalue weighted by Crippen LogP contribution is 2.39. The van der Waals surface area contributed by atoms with E-state index in [1.807, 2.05) is 42.5 Å². The third-order valence-corrected chi connectivity index (χ3v) is 4.77. The van der Waals surface area contributed by atoms with Gasteiger partial charge < -0.3 is 14.6 Å². The Labute approximate surface area is 157 Å². The second-order valence-electron chi connectivity index (χ2n) is 6.51. The molecule has 1 aliphatic rings. The number of aliphatic hydroxyl groups is 1. The van der Waals surface area contributed by atoms with Crippen molar-refractivity contribution in [1.82, 2.24) is 19.9 Å². The highest BCUT2D eigenvalue weighted by Gasteiger charge is 2.30. The van der Waals surface area contributed by atoms with Gasteiger partial charge in [0.15, 0.2) is 0 Å².